The van der Waals surface area contributed by atoms with Crippen molar-refractivity contribution < 1.29 is 17.9 Å². The zero-order valence-corrected chi connectivity index (χ0v) is 17.8. The molecule has 1 amide bonds. The number of ether oxygens (including phenoxy) is 1. The number of anilines is 1. The predicted molar refractivity (Wildman–Crippen MR) is 112 cm³/mol. The summed E-state index contributed by atoms with van der Waals surface area (Å²) in [6.07, 6.45) is 0. The Labute approximate surface area is 173 Å². The van der Waals surface area contributed by atoms with E-state index < -0.39 is 15.9 Å². The van der Waals surface area contributed by atoms with Gasteiger partial charge in [-0.15, -0.1) is 10.2 Å². The van der Waals surface area contributed by atoms with Gasteiger partial charge in [-0.2, -0.15) is 4.31 Å². The van der Waals surface area contributed by atoms with Gasteiger partial charge < -0.3 is 4.74 Å². The van der Waals surface area contributed by atoms with E-state index in [1.807, 2.05) is 19.1 Å². The number of methoxy groups -OCH3 is 1. The highest BCUT2D eigenvalue weighted by Crippen LogP contribution is 2.27. The third kappa shape index (κ3) is 4.97. The van der Waals surface area contributed by atoms with Crippen molar-refractivity contribution in [2.24, 2.45) is 0 Å². The summed E-state index contributed by atoms with van der Waals surface area (Å²) >= 11 is 1.20. The monoisotopic (exact) mass is 432 g/mol. The number of aromatic nitrogens is 2. The Bertz CT molecular complexity index is 1090. The van der Waals surface area contributed by atoms with Crippen LogP contribution in [0.1, 0.15) is 5.56 Å². The molecule has 152 valence electrons. The average molecular weight is 433 g/mol. The largest absolute Gasteiger partial charge is 0.497 e. The Morgan fingerprint density at radius 3 is 2.38 bits per heavy atom. The molecule has 1 heterocycles. The second kappa shape index (κ2) is 8.68. The van der Waals surface area contributed by atoms with Gasteiger partial charge in [-0.1, -0.05) is 29.0 Å². The van der Waals surface area contributed by atoms with Crippen LogP contribution in [0.15, 0.2) is 53.4 Å². The second-order valence-electron chi connectivity index (χ2n) is 6.26. The van der Waals surface area contributed by atoms with E-state index in [0.29, 0.717) is 10.1 Å². The van der Waals surface area contributed by atoms with Gasteiger partial charge in [0.25, 0.3) is 0 Å². The molecule has 29 heavy (non-hydrogen) atoms. The summed E-state index contributed by atoms with van der Waals surface area (Å²) in [6.45, 7) is 1.53. The van der Waals surface area contributed by atoms with Crippen molar-refractivity contribution in [1.82, 2.24) is 14.5 Å². The van der Waals surface area contributed by atoms with E-state index in [9.17, 15) is 13.2 Å². The van der Waals surface area contributed by atoms with Crippen molar-refractivity contribution in [2.45, 2.75) is 11.8 Å². The molecular formula is C19H20N4O4S2. The first-order valence-electron chi connectivity index (χ1n) is 8.60. The average Bonchev–Trinajstić information content (AvgIpc) is 3.16. The van der Waals surface area contributed by atoms with Crippen LogP contribution in [0.2, 0.25) is 0 Å². The SMILES string of the molecule is COc1ccc(-c2nnc(NC(=O)CN(C)S(=O)(=O)c3ccc(C)cc3)s2)cc1. The summed E-state index contributed by atoms with van der Waals surface area (Å²) in [5, 5.41) is 11.5. The number of hydrogen-bond acceptors (Lipinski definition) is 7. The summed E-state index contributed by atoms with van der Waals surface area (Å²) in [7, 11) is -0.814. The van der Waals surface area contributed by atoms with Gasteiger partial charge in [-0.25, -0.2) is 8.42 Å². The summed E-state index contributed by atoms with van der Waals surface area (Å²) in [4.78, 5) is 12.4. The zero-order valence-electron chi connectivity index (χ0n) is 16.1. The highest BCUT2D eigenvalue weighted by atomic mass is 32.2. The molecule has 0 atom stereocenters. The molecule has 8 nitrogen and oxygen atoms in total. The Kier molecular flexibility index (Phi) is 6.26. The van der Waals surface area contributed by atoms with Crippen molar-refractivity contribution in [3.05, 3.63) is 54.1 Å². The Morgan fingerprint density at radius 1 is 1.10 bits per heavy atom. The molecule has 0 aliphatic heterocycles. The number of nitrogens with zero attached hydrogens (tertiary/aromatic N) is 3. The van der Waals surface area contributed by atoms with Gasteiger partial charge in [-0.05, 0) is 43.3 Å². The first kappa shape index (κ1) is 20.9. The molecule has 1 aromatic heterocycles. The fraction of sp³-hybridized carbons (Fsp3) is 0.211. The standard InChI is InChI=1S/C19H20N4O4S2/c1-13-4-10-16(11-5-13)29(25,26)23(2)12-17(24)20-19-22-21-18(28-19)14-6-8-15(27-3)9-7-14/h4-11H,12H2,1-3H3,(H,20,22,24). The van der Waals surface area contributed by atoms with Gasteiger partial charge in [0.15, 0.2) is 0 Å². The smallest absolute Gasteiger partial charge is 0.243 e. The fourth-order valence-corrected chi connectivity index (χ4v) is 4.35. The minimum atomic E-state index is -3.76. The highest BCUT2D eigenvalue weighted by molar-refractivity contribution is 7.89. The third-order valence-electron chi connectivity index (χ3n) is 4.10. The van der Waals surface area contributed by atoms with Gasteiger partial charge >= 0.3 is 0 Å². The molecule has 0 saturated carbocycles. The number of rotatable bonds is 7. The molecule has 3 rings (SSSR count). The number of sulfonamides is 1. The van der Waals surface area contributed by atoms with Crippen LogP contribution in [-0.2, 0) is 14.8 Å². The van der Waals surface area contributed by atoms with E-state index in [-0.39, 0.29) is 11.4 Å². The first-order valence-corrected chi connectivity index (χ1v) is 10.9. The molecule has 0 spiro atoms. The fourth-order valence-electron chi connectivity index (χ4n) is 2.46. The number of hydrogen-bond donors (Lipinski definition) is 1. The van der Waals surface area contributed by atoms with Crippen LogP contribution in [0.4, 0.5) is 5.13 Å². The van der Waals surface area contributed by atoms with Crippen LogP contribution in [0.25, 0.3) is 10.6 Å². The van der Waals surface area contributed by atoms with Crippen LogP contribution >= 0.6 is 11.3 Å². The lowest BCUT2D eigenvalue weighted by molar-refractivity contribution is -0.116. The molecule has 0 fully saturated rings. The van der Waals surface area contributed by atoms with Crippen molar-refractivity contribution in [2.75, 3.05) is 26.0 Å². The second-order valence-corrected chi connectivity index (χ2v) is 9.29. The van der Waals surface area contributed by atoms with Gasteiger partial charge in [0, 0.05) is 12.6 Å². The predicted octanol–water partition coefficient (Wildman–Crippen LogP) is 2.78. The van der Waals surface area contributed by atoms with Crippen molar-refractivity contribution in [3.8, 4) is 16.3 Å². The Morgan fingerprint density at radius 2 is 1.76 bits per heavy atom. The van der Waals surface area contributed by atoms with E-state index >= 15 is 0 Å². The van der Waals surface area contributed by atoms with Crippen LogP contribution in [0, 0.1) is 6.92 Å². The molecule has 0 radical (unpaired) electrons. The van der Waals surface area contributed by atoms with E-state index in [1.165, 1.54) is 30.5 Å². The number of carbonyl (C=O) groups is 1. The molecule has 0 aliphatic rings. The minimum Gasteiger partial charge on any atom is -0.497 e. The van der Waals surface area contributed by atoms with Crippen LogP contribution in [0.5, 0.6) is 5.75 Å². The number of benzene rings is 2. The summed E-state index contributed by atoms with van der Waals surface area (Å²) in [5.41, 5.74) is 1.79. The van der Waals surface area contributed by atoms with Gasteiger partial charge in [-0.3, -0.25) is 10.1 Å². The number of nitrogens with one attached hydrogen (secondary N) is 1. The summed E-state index contributed by atoms with van der Waals surface area (Å²) < 4.78 is 31.3. The van der Waals surface area contributed by atoms with Crippen LogP contribution in [0.3, 0.4) is 0 Å². The maximum Gasteiger partial charge on any atom is 0.243 e. The lowest BCUT2D eigenvalue weighted by Gasteiger charge is -2.16. The molecule has 3 aromatic rings. The molecule has 0 aliphatic carbocycles. The van der Waals surface area contributed by atoms with E-state index in [0.717, 1.165) is 21.2 Å². The number of aryl methyl sites for hydroxylation is 1. The third-order valence-corrected chi connectivity index (χ3v) is 6.81. The topological polar surface area (TPSA) is 101 Å². The molecule has 1 N–H and O–H groups in total. The Hall–Kier alpha value is -2.82. The maximum absolute atomic E-state index is 12.6. The molecule has 0 bridgehead atoms. The van der Waals surface area contributed by atoms with E-state index in [1.54, 1.807) is 31.4 Å². The van der Waals surface area contributed by atoms with E-state index in [4.69, 9.17) is 4.74 Å². The molecule has 2 aromatic carbocycles. The summed E-state index contributed by atoms with van der Waals surface area (Å²) in [5.74, 6) is 0.227. The van der Waals surface area contributed by atoms with E-state index in [2.05, 4.69) is 15.5 Å². The number of likely N-dealkylation sites (N-methyl/N-ethyl adjacent to an activating group) is 1. The van der Waals surface area contributed by atoms with Gasteiger partial charge in [0.05, 0.1) is 18.6 Å². The lowest BCUT2D eigenvalue weighted by atomic mass is 10.2. The first-order chi connectivity index (χ1) is 13.8. The lowest BCUT2D eigenvalue weighted by Crippen LogP contribution is -2.34. The van der Waals surface area contributed by atoms with Crippen molar-refractivity contribution >= 4 is 32.4 Å². The van der Waals surface area contributed by atoms with Crippen LogP contribution < -0.4 is 10.1 Å². The normalized spacial score (nSPS) is 11.4. The maximum atomic E-state index is 12.6. The van der Waals surface area contributed by atoms with Gasteiger partial charge in [0.1, 0.15) is 10.8 Å². The molecule has 10 heteroatoms. The minimum absolute atomic E-state index is 0.135. The van der Waals surface area contributed by atoms with Crippen molar-refractivity contribution in [3.63, 3.8) is 0 Å². The number of amides is 1. The van der Waals surface area contributed by atoms with Crippen LogP contribution in [-0.4, -0.2) is 49.5 Å². The summed E-state index contributed by atoms with van der Waals surface area (Å²) in [6, 6.07) is 13.8. The Balaban J connectivity index is 1.64. The van der Waals surface area contributed by atoms with Crippen molar-refractivity contribution in [1.29, 1.82) is 0 Å². The number of carbonyl (C=O) groups excluding carboxylic acids is 1. The quantitative estimate of drug-likeness (QED) is 0.616. The highest BCUT2D eigenvalue weighted by Gasteiger charge is 2.23. The molecular weight excluding hydrogens is 412 g/mol. The molecule has 0 saturated heterocycles. The van der Waals surface area contributed by atoms with Gasteiger partial charge in [0.2, 0.25) is 21.1 Å². The zero-order chi connectivity index (χ0) is 21.0. The molecule has 0 unspecified atom stereocenters.